The molecule has 0 aromatic heterocycles. The number of sulfonamides is 1. The molecular formula is C9H11Cl2NO2S. The van der Waals surface area contributed by atoms with E-state index in [1.165, 1.54) is 11.4 Å². The fourth-order valence-corrected chi connectivity index (χ4v) is 1.72. The first-order valence-electron chi connectivity index (χ1n) is 4.16. The van der Waals surface area contributed by atoms with Crippen molar-refractivity contribution in [3.63, 3.8) is 0 Å². The maximum atomic E-state index is 11.2. The van der Waals surface area contributed by atoms with Crippen LogP contribution in [-0.2, 0) is 16.6 Å². The van der Waals surface area contributed by atoms with Gasteiger partial charge in [0.05, 0.1) is 16.3 Å². The summed E-state index contributed by atoms with van der Waals surface area (Å²) in [6.07, 6.45) is 1.16. The maximum absolute atomic E-state index is 11.2. The second kappa shape index (κ2) is 4.70. The normalized spacial score (nSPS) is 12.1. The van der Waals surface area contributed by atoms with Gasteiger partial charge < -0.3 is 0 Å². The van der Waals surface area contributed by atoms with Gasteiger partial charge in [-0.3, -0.25) is 0 Å². The molecule has 0 bridgehead atoms. The standard InChI is InChI=1S/C9H11Cl2NO2S/c1-12(15(2,13)14)6-7-3-4-8(10)9(11)5-7/h3-5H,6H2,1-2H3. The van der Waals surface area contributed by atoms with E-state index in [-0.39, 0.29) is 6.54 Å². The summed E-state index contributed by atoms with van der Waals surface area (Å²) >= 11 is 11.6. The molecule has 3 nitrogen and oxygen atoms in total. The molecule has 6 heteroatoms. The average Bonchev–Trinajstić information content (AvgIpc) is 2.10. The molecule has 0 aliphatic carbocycles. The van der Waals surface area contributed by atoms with Crippen molar-refractivity contribution in [3.8, 4) is 0 Å². The van der Waals surface area contributed by atoms with Crippen molar-refractivity contribution in [2.75, 3.05) is 13.3 Å². The molecule has 0 saturated carbocycles. The minimum atomic E-state index is -3.17. The molecule has 0 aliphatic heterocycles. The highest BCUT2D eigenvalue weighted by atomic mass is 35.5. The predicted molar refractivity (Wildman–Crippen MR) is 62.8 cm³/mol. The Morgan fingerprint density at radius 2 is 1.87 bits per heavy atom. The molecule has 0 radical (unpaired) electrons. The summed E-state index contributed by atoms with van der Waals surface area (Å²) in [6.45, 7) is 0.287. The van der Waals surface area contributed by atoms with Crippen molar-refractivity contribution in [3.05, 3.63) is 33.8 Å². The number of nitrogens with zero attached hydrogens (tertiary/aromatic N) is 1. The summed E-state index contributed by atoms with van der Waals surface area (Å²) < 4.78 is 23.6. The van der Waals surface area contributed by atoms with Crippen LogP contribution in [0.3, 0.4) is 0 Å². The largest absolute Gasteiger partial charge is 0.213 e. The second-order valence-electron chi connectivity index (χ2n) is 3.27. The van der Waals surface area contributed by atoms with Crippen LogP contribution >= 0.6 is 23.2 Å². The topological polar surface area (TPSA) is 37.4 Å². The van der Waals surface area contributed by atoms with Crippen LogP contribution in [0.15, 0.2) is 18.2 Å². The molecule has 84 valence electrons. The summed E-state index contributed by atoms with van der Waals surface area (Å²) in [5, 5.41) is 0.887. The van der Waals surface area contributed by atoms with Gasteiger partial charge in [0.15, 0.2) is 0 Å². The van der Waals surface area contributed by atoms with Crippen molar-refractivity contribution in [2.24, 2.45) is 0 Å². The van der Waals surface area contributed by atoms with Crippen LogP contribution in [0.5, 0.6) is 0 Å². The minimum Gasteiger partial charge on any atom is -0.213 e. The van der Waals surface area contributed by atoms with E-state index in [1.807, 2.05) is 0 Å². The summed E-state index contributed by atoms with van der Waals surface area (Å²) in [4.78, 5) is 0. The second-order valence-corrected chi connectivity index (χ2v) is 6.17. The van der Waals surface area contributed by atoms with Gasteiger partial charge in [-0.2, -0.15) is 0 Å². The Hall–Kier alpha value is -0.290. The third-order valence-electron chi connectivity index (χ3n) is 1.96. The molecule has 0 saturated heterocycles. The van der Waals surface area contributed by atoms with Crippen LogP contribution in [0.25, 0.3) is 0 Å². The van der Waals surface area contributed by atoms with Crippen LogP contribution in [-0.4, -0.2) is 26.0 Å². The first-order valence-corrected chi connectivity index (χ1v) is 6.76. The minimum absolute atomic E-state index is 0.287. The Kier molecular flexibility index (Phi) is 4.00. The van der Waals surface area contributed by atoms with Gasteiger partial charge in [-0.05, 0) is 17.7 Å². The number of hydrogen-bond donors (Lipinski definition) is 0. The van der Waals surface area contributed by atoms with Crippen molar-refractivity contribution in [1.82, 2.24) is 4.31 Å². The van der Waals surface area contributed by atoms with Gasteiger partial charge in [-0.15, -0.1) is 0 Å². The maximum Gasteiger partial charge on any atom is 0.211 e. The first kappa shape index (κ1) is 12.8. The van der Waals surface area contributed by atoms with Crippen LogP contribution in [0.2, 0.25) is 10.0 Å². The van der Waals surface area contributed by atoms with Crippen molar-refractivity contribution in [2.45, 2.75) is 6.54 Å². The van der Waals surface area contributed by atoms with E-state index < -0.39 is 10.0 Å². The number of hydrogen-bond acceptors (Lipinski definition) is 2. The van der Waals surface area contributed by atoms with Gasteiger partial charge in [-0.1, -0.05) is 29.3 Å². The lowest BCUT2D eigenvalue weighted by atomic mass is 10.2. The van der Waals surface area contributed by atoms with Crippen LogP contribution in [0.1, 0.15) is 5.56 Å². The average molecular weight is 268 g/mol. The Bertz CT molecular complexity index is 459. The van der Waals surface area contributed by atoms with Gasteiger partial charge in [0.2, 0.25) is 10.0 Å². The molecule has 0 aliphatic rings. The Labute approximate surface area is 99.7 Å². The van der Waals surface area contributed by atoms with Crippen LogP contribution < -0.4 is 0 Å². The highest BCUT2D eigenvalue weighted by Crippen LogP contribution is 2.23. The predicted octanol–water partition coefficient (Wildman–Crippen LogP) is 2.38. The number of rotatable bonds is 3. The van der Waals surface area contributed by atoms with Crippen LogP contribution in [0, 0.1) is 0 Å². The monoisotopic (exact) mass is 267 g/mol. The fourth-order valence-electron chi connectivity index (χ4n) is 1.01. The lowest BCUT2D eigenvalue weighted by Gasteiger charge is -2.14. The van der Waals surface area contributed by atoms with Gasteiger partial charge in [0.1, 0.15) is 0 Å². The van der Waals surface area contributed by atoms with Gasteiger partial charge in [-0.25, -0.2) is 12.7 Å². The van der Waals surface area contributed by atoms with Crippen molar-refractivity contribution < 1.29 is 8.42 Å². The van der Waals surface area contributed by atoms with E-state index in [2.05, 4.69) is 0 Å². The summed E-state index contributed by atoms with van der Waals surface area (Å²) in [7, 11) is -1.65. The summed E-state index contributed by atoms with van der Waals surface area (Å²) in [5.41, 5.74) is 0.803. The molecule has 1 rings (SSSR count). The van der Waals surface area contributed by atoms with Gasteiger partial charge in [0, 0.05) is 13.6 Å². The Morgan fingerprint density at radius 3 is 2.33 bits per heavy atom. The van der Waals surface area contributed by atoms with Crippen molar-refractivity contribution in [1.29, 1.82) is 0 Å². The van der Waals surface area contributed by atoms with E-state index in [1.54, 1.807) is 18.2 Å². The molecule has 0 N–H and O–H groups in total. The SMILES string of the molecule is CN(Cc1ccc(Cl)c(Cl)c1)S(C)(=O)=O. The molecule has 1 aromatic rings. The van der Waals surface area contributed by atoms with E-state index in [0.717, 1.165) is 11.8 Å². The summed E-state index contributed by atoms with van der Waals surface area (Å²) in [5.74, 6) is 0. The molecule has 0 fully saturated rings. The number of benzene rings is 1. The first-order chi connectivity index (χ1) is 6.80. The highest BCUT2D eigenvalue weighted by Gasteiger charge is 2.11. The molecule has 0 atom stereocenters. The Balaban J connectivity index is 2.87. The van der Waals surface area contributed by atoms with Crippen LogP contribution in [0.4, 0.5) is 0 Å². The third-order valence-corrected chi connectivity index (χ3v) is 3.96. The van der Waals surface area contributed by atoms with E-state index in [0.29, 0.717) is 10.0 Å². The lowest BCUT2D eigenvalue weighted by molar-refractivity contribution is 0.472. The molecule has 1 aromatic carbocycles. The van der Waals surface area contributed by atoms with E-state index in [4.69, 9.17) is 23.2 Å². The highest BCUT2D eigenvalue weighted by molar-refractivity contribution is 7.88. The zero-order chi connectivity index (χ0) is 11.6. The van der Waals surface area contributed by atoms with Gasteiger partial charge in [0.25, 0.3) is 0 Å². The lowest BCUT2D eigenvalue weighted by Crippen LogP contribution is -2.24. The molecule has 0 spiro atoms. The van der Waals surface area contributed by atoms with E-state index >= 15 is 0 Å². The third kappa shape index (κ3) is 3.65. The molecule has 0 unspecified atom stereocenters. The quantitative estimate of drug-likeness (QED) is 0.844. The molecule has 0 heterocycles. The number of halogens is 2. The van der Waals surface area contributed by atoms with Crippen molar-refractivity contribution >= 4 is 33.2 Å². The molecule has 15 heavy (non-hydrogen) atoms. The fraction of sp³-hybridized carbons (Fsp3) is 0.333. The van der Waals surface area contributed by atoms with E-state index in [9.17, 15) is 8.42 Å². The summed E-state index contributed by atoms with van der Waals surface area (Å²) in [6, 6.07) is 5.05. The Morgan fingerprint density at radius 1 is 1.27 bits per heavy atom. The smallest absolute Gasteiger partial charge is 0.211 e. The molecule has 0 amide bonds. The molecular weight excluding hydrogens is 257 g/mol. The zero-order valence-electron chi connectivity index (χ0n) is 8.37. The zero-order valence-corrected chi connectivity index (χ0v) is 10.7. The van der Waals surface area contributed by atoms with Gasteiger partial charge >= 0.3 is 0 Å².